The average Bonchev–Trinajstić information content (AvgIpc) is 2.91. The molecule has 0 unspecified atom stereocenters. The van der Waals surface area contributed by atoms with E-state index in [1.54, 1.807) is 18.2 Å². The van der Waals surface area contributed by atoms with Crippen LogP contribution < -0.4 is 10.7 Å². The molecule has 0 fully saturated rings. The van der Waals surface area contributed by atoms with Crippen molar-refractivity contribution in [1.82, 2.24) is 0 Å². The van der Waals surface area contributed by atoms with E-state index >= 15 is 0 Å². The molecular weight excluding hydrogens is 281 g/mol. The highest BCUT2D eigenvalue weighted by molar-refractivity contribution is 7.99. The van der Waals surface area contributed by atoms with Gasteiger partial charge < -0.3 is 0 Å². The molecule has 1 aliphatic heterocycles. The maximum absolute atomic E-state index is 12.9. The van der Waals surface area contributed by atoms with Crippen molar-refractivity contribution < 1.29 is 9.31 Å². The molecule has 3 rings (SSSR count). The van der Waals surface area contributed by atoms with E-state index in [1.165, 1.54) is 30.0 Å². The molecule has 0 bridgehead atoms. The first-order chi connectivity index (χ1) is 9.65. The molecule has 100 valence electrons. The molecule has 0 saturated heterocycles. The van der Waals surface area contributed by atoms with Crippen molar-refractivity contribution in [2.24, 2.45) is 9.98 Å². The molecular formula is C13H8FN3O2S. The molecule has 0 aliphatic carbocycles. The normalized spacial score (nSPS) is 12.4. The summed E-state index contributed by atoms with van der Waals surface area (Å²) in [7, 11) is 0. The zero-order chi connectivity index (χ0) is 14.1. The largest absolute Gasteiger partial charge is 0.296 e. The lowest BCUT2D eigenvalue weighted by molar-refractivity contribution is -0.386. The molecule has 1 aliphatic rings. The highest BCUT2D eigenvalue weighted by Crippen LogP contribution is 2.25. The molecule has 0 N–H and O–H groups in total. The van der Waals surface area contributed by atoms with Crippen molar-refractivity contribution in [3.63, 3.8) is 0 Å². The van der Waals surface area contributed by atoms with E-state index in [1.807, 2.05) is 0 Å². The minimum absolute atomic E-state index is 0.0373. The zero-order valence-corrected chi connectivity index (χ0v) is 10.9. The van der Waals surface area contributed by atoms with Crippen LogP contribution in [0.5, 0.6) is 0 Å². The lowest BCUT2D eigenvalue weighted by atomic mass is 10.3. The van der Waals surface area contributed by atoms with E-state index in [0.29, 0.717) is 10.7 Å². The molecule has 7 heteroatoms. The molecule has 0 radical (unpaired) electrons. The standard InChI is InChI=1S/C13H8FN3O2S/c14-8-1-3-9(4-2-8)20-11-6-5-10(17(18)19)12-13(11)16-7-15-12/h1-6H,7H2. The average molecular weight is 289 g/mol. The van der Waals surface area contributed by atoms with Gasteiger partial charge in [0.15, 0.2) is 5.36 Å². The van der Waals surface area contributed by atoms with Gasteiger partial charge in [-0.25, -0.2) is 4.39 Å². The lowest BCUT2D eigenvalue weighted by Gasteiger charge is -2.01. The first kappa shape index (κ1) is 12.7. The van der Waals surface area contributed by atoms with E-state index in [4.69, 9.17) is 0 Å². The van der Waals surface area contributed by atoms with Gasteiger partial charge in [0.25, 0.3) is 5.69 Å². The SMILES string of the molecule is O=[N+]([O-])c1ccc(Sc2ccc(F)cc2)c2c1=NCN=2. The maximum Gasteiger partial charge on any atom is 0.296 e. The van der Waals surface area contributed by atoms with Crippen LogP contribution in [-0.4, -0.2) is 11.6 Å². The third-order valence-electron chi connectivity index (χ3n) is 2.79. The Morgan fingerprint density at radius 3 is 2.50 bits per heavy atom. The fourth-order valence-corrected chi connectivity index (χ4v) is 2.82. The minimum atomic E-state index is -0.463. The van der Waals surface area contributed by atoms with E-state index in [2.05, 4.69) is 9.98 Å². The van der Waals surface area contributed by atoms with Crippen molar-refractivity contribution in [2.75, 3.05) is 6.67 Å². The van der Waals surface area contributed by atoms with E-state index in [-0.39, 0.29) is 18.2 Å². The quantitative estimate of drug-likeness (QED) is 0.642. The summed E-state index contributed by atoms with van der Waals surface area (Å²) in [5.41, 5.74) is -0.0373. The number of nitro benzene ring substituents is 1. The van der Waals surface area contributed by atoms with Crippen LogP contribution in [0.4, 0.5) is 10.1 Å². The Balaban J connectivity index is 2.05. The van der Waals surface area contributed by atoms with Gasteiger partial charge in [-0.1, -0.05) is 11.8 Å². The third-order valence-corrected chi connectivity index (χ3v) is 3.85. The predicted molar refractivity (Wildman–Crippen MR) is 70.8 cm³/mol. The smallest absolute Gasteiger partial charge is 0.258 e. The number of rotatable bonds is 3. The number of benzene rings is 2. The van der Waals surface area contributed by atoms with E-state index in [9.17, 15) is 14.5 Å². The molecule has 0 aromatic heterocycles. The van der Waals surface area contributed by atoms with Crippen molar-refractivity contribution in [2.45, 2.75) is 9.79 Å². The summed E-state index contributed by atoms with van der Waals surface area (Å²) < 4.78 is 12.9. The first-order valence-electron chi connectivity index (χ1n) is 5.75. The highest BCUT2D eigenvalue weighted by atomic mass is 32.2. The van der Waals surface area contributed by atoms with Gasteiger partial charge in [0.2, 0.25) is 0 Å². The van der Waals surface area contributed by atoms with Crippen LogP contribution in [0.15, 0.2) is 56.2 Å². The van der Waals surface area contributed by atoms with Crippen molar-refractivity contribution in [3.8, 4) is 0 Å². The Morgan fingerprint density at radius 1 is 1.10 bits per heavy atom. The number of hydrogen-bond acceptors (Lipinski definition) is 5. The molecule has 20 heavy (non-hydrogen) atoms. The number of halogens is 1. The summed E-state index contributed by atoms with van der Waals surface area (Å²) in [6.07, 6.45) is 0. The molecule has 2 aromatic carbocycles. The number of fused-ring (bicyclic) bond motifs is 1. The molecule has 1 heterocycles. The number of hydrogen-bond donors (Lipinski definition) is 0. The fourth-order valence-electron chi connectivity index (χ4n) is 1.90. The van der Waals surface area contributed by atoms with Gasteiger partial charge in [-0.3, -0.25) is 20.1 Å². The summed E-state index contributed by atoms with van der Waals surface area (Å²) in [6, 6.07) is 9.12. The second-order valence-electron chi connectivity index (χ2n) is 4.05. The van der Waals surface area contributed by atoms with Crippen LogP contribution in [-0.2, 0) is 0 Å². The molecule has 5 nitrogen and oxygen atoms in total. The van der Waals surface area contributed by atoms with Gasteiger partial charge in [-0.15, -0.1) is 0 Å². The van der Waals surface area contributed by atoms with Crippen LogP contribution in [0.2, 0.25) is 0 Å². The fraction of sp³-hybridized carbons (Fsp3) is 0.0769. The van der Waals surface area contributed by atoms with Gasteiger partial charge in [0.1, 0.15) is 17.8 Å². The number of non-ortho nitro benzene ring substituents is 1. The number of nitrogens with zero attached hydrogens (tertiary/aromatic N) is 3. The lowest BCUT2D eigenvalue weighted by Crippen LogP contribution is -2.26. The summed E-state index contributed by atoms with van der Waals surface area (Å²) in [6.45, 7) is 0.206. The third kappa shape index (κ3) is 2.27. The Morgan fingerprint density at radius 2 is 1.80 bits per heavy atom. The van der Waals surface area contributed by atoms with Gasteiger partial charge in [0.05, 0.1) is 4.92 Å². The number of nitro groups is 1. The van der Waals surface area contributed by atoms with Crippen molar-refractivity contribution in [3.05, 3.63) is 63.0 Å². The van der Waals surface area contributed by atoms with Gasteiger partial charge in [-0.05, 0) is 30.3 Å². The van der Waals surface area contributed by atoms with E-state index < -0.39 is 4.92 Å². The van der Waals surface area contributed by atoms with Gasteiger partial charge in [0, 0.05) is 15.9 Å². The summed E-state index contributed by atoms with van der Waals surface area (Å²) >= 11 is 1.38. The Bertz CT molecular complexity index is 806. The second-order valence-corrected chi connectivity index (χ2v) is 5.17. The Hall–Kier alpha value is -2.28. The summed E-state index contributed by atoms with van der Waals surface area (Å²) in [5.74, 6) is -0.303. The van der Waals surface area contributed by atoms with Gasteiger partial charge >= 0.3 is 0 Å². The van der Waals surface area contributed by atoms with Crippen LogP contribution in [0, 0.1) is 15.9 Å². The van der Waals surface area contributed by atoms with Crippen LogP contribution in [0.25, 0.3) is 0 Å². The highest BCUT2D eigenvalue weighted by Gasteiger charge is 2.16. The Kier molecular flexibility index (Phi) is 3.19. The van der Waals surface area contributed by atoms with E-state index in [0.717, 1.165) is 9.79 Å². The molecule has 0 amide bonds. The van der Waals surface area contributed by atoms with Crippen LogP contribution >= 0.6 is 11.8 Å². The maximum atomic E-state index is 12.9. The monoisotopic (exact) mass is 289 g/mol. The topological polar surface area (TPSA) is 67.9 Å². The first-order valence-corrected chi connectivity index (χ1v) is 6.56. The van der Waals surface area contributed by atoms with Crippen molar-refractivity contribution in [1.29, 1.82) is 0 Å². The Labute approximate surface area is 117 Å². The molecule has 2 aromatic rings. The minimum Gasteiger partial charge on any atom is -0.258 e. The zero-order valence-electron chi connectivity index (χ0n) is 10.1. The van der Waals surface area contributed by atoms with Crippen LogP contribution in [0.3, 0.4) is 0 Å². The predicted octanol–water partition coefficient (Wildman–Crippen LogP) is 2.10. The molecule has 0 atom stereocenters. The summed E-state index contributed by atoms with van der Waals surface area (Å²) in [4.78, 5) is 20.3. The molecule has 0 saturated carbocycles. The van der Waals surface area contributed by atoms with Gasteiger partial charge in [-0.2, -0.15) is 0 Å². The van der Waals surface area contributed by atoms with Crippen LogP contribution in [0.1, 0.15) is 0 Å². The second kappa shape index (κ2) is 5.01. The summed E-state index contributed by atoms with van der Waals surface area (Å²) in [5, 5.41) is 11.8. The van der Waals surface area contributed by atoms with Crippen molar-refractivity contribution >= 4 is 17.4 Å². The molecule has 0 spiro atoms.